The Hall–Kier alpha value is -2.31. The second-order valence-electron chi connectivity index (χ2n) is 3.63. The molecule has 0 atom stereocenters. The standard InChI is InChI=1S/C11H6F3N3O/c12-11(13,14)17-10-15-5-8-9(16-10)6-3-1-2-4-7(6)18-8/h1-5H,(H,15,16,17). The Labute approximate surface area is 98.4 Å². The number of nitrogens with one attached hydrogen (secondary N) is 1. The Morgan fingerprint density at radius 3 is 2.67 bits per heavy atom. The van der Waals surface area contributed by atoms with E-state index in [1.165, 1.54) is 11.5 Å². The molecule has 0 spiro atoms. The van der Waals surface area contributed by atoms with Crippen LogP contribution in [-0.2, 0) is 0 Å². The van der Waals surface area contributed by atoms with E-state index < -0.39 is 12.2 Å². The van der Waals surface area contributed by atoms with Gasteiger partial charge in [-0.05, 0) is 12.1 Å². The number of halogens is 3. The van der Waals surface area contributed by atoms with Crippen molar-refractivity contribution < 1.29 is 17.6 Å². The van der Waals surface area contributed by atoms with Crippen LogP contribution in [0.3, 0.4) is 0 Å². The van der Waals surface area contributed by atoms with Crippen LogP contribution in [0.15, 0.2) is 34.9 Å². The number of benzene rings is 1. The lowest BCUT2D eigenvalue weighted by Gasteiger charge is -2.06. The van der Waals surface area contributed by atoms with E-state index >= 15 is 0 Å². The van der Waals surface area contributed by atoms with E-state index in [1.807, 2.05) is 0 Å². The zero-order chi connectivity index (χ0) is 12.8. The first kappa shape index (κ1) is 10.8. The first-order valence-corrected chi connectivity index (χ1v) is 5.02. The molecule has 18 heavy (non-hydrogen) atoms. The minimum Gasteiger partial charge on any atom is -0.453 e. The maximum atomic E-state index is 12.2. The van der Waals surface area contributed by atoms with E-state index in [4.69, 9.17) is 4.42 Å². The summed E-state index contributed by atoms with van der Waals surface area (Å²) in [5, 5.41) is 1.92. The highest BCUT2D eigenvalue weighted by molar-refractivity contribution is 6.02. The highest BCUT2D eigenvalue weighted by Crippen LogP contribution is 2.27. The van der Waals surface area contributed by atoms with Crippen LogP contribution in [0.4, 0.5) is 19.1 Å². The SMILES string of the molecule is FC(F)(F)Nc1ncc2oc3ccccc3c2n1. The fourth-order valence-electron chi connectivity index (χ4n) is 1.70. The summed E-state index contributed by atoms with van der Waals surface area (Å²) in [7, 11) is 0. The average Bonchev–Trinajstić information content (AvgIpc) is 2.65. The molecule has 0 bridgehead atoms. The number of hydrogen-bond donors (Lipinski definition) is 1. The van der Waals surface area contributed by atoms with Crippen LogP contribution in [-0.4, -0.2) is 16.3 Å². The predicted molar refractivity (Wildman–Crippen MR) is 59.0 cm³/mol. The third-order valence-electron chi connectivity index (χ3n) is 2.37. The molecule has 0 fully saturated rings. The molecule has 1 aromatic carbocycles. The summed E-state index contributed by atoms with van der Waals surface area (Å²) in [5.41, 5.74) is 1.27. The van der Waals surface area contributed by atoms with E-state index in [1.54, 1.807) is 24.3 Å². The molecule has 3 aromatic rings. The van der Waals surface area contributed by atoms with Gasteiger partial charge >= 0.3 is 6.30 Å². The first-order valence-electron chi connectivity index (χ1n) is 5.02. The Morgan fingerprint density at radius 2 is 1.89 bits per heavy atom. The van der Waals surface area contributed by atoms with Crippen molar-refractivity contribution in [1.29, 1.82) is 0 Å². The maximum absolute atomic E-state index is 12.2. The Balaban J connectivity index is 2.18. The Kier molecular flexibility index (Phi) is 2.16. The number of alkyl halides is 3. The number of fused-ring (bicyclic) bond motifs is 3. The molecule has 3 rings (SSSR count). The third-order valence-corrected chi connectivity index (χ3v) is 2.37. The highest BCUT2D eigenvalue weighted by atomic mass is 19.4. The largest absolute Gasteiger partial charge is 0.484 e. The number of aromatic nitrogens is 2. The van der Waals surface area contributed by atoms with Crippen LogP contribution in [0.1, 0.15) is 0 Å². The summed E-state index contributed by atoms with van der Waals surface area (Å²) in [6, 6.07) is 6.97. The third kappa shape index (κ3) is 1.83. The van der Waals surface area contributed by atoms with Crippen LogP contribution in [0.5, 0.6) is 0 Å². The molecule has 2 aromatic heterocycles. The summed E-state index contributed by atoms with van der Waals surface area (Å²) in [4.78, 5) is 7.36. The van der Waals surface area contributed by atoms with Crippen LogP contribution >= 0.6 is 0 Å². The summed E-state index contributed by atoms with van der Waals surface area (Å²) in [6.45, 7) is 0. The average molecular weight is 253 g/mol. The smallest absolute Gasteiger partial charge is 0.453 e. The molecule has 0 amide bonds. The molecule has 0 aliphatic rings. The van der Waals surface area contributed by atoms with E-state index in [0.717, 1.165) is 0 Å². The lowest BCUT2D eigenvalue weighted by atomic mass is 10.2. The van der Waals surface area contributed by atoms with Crippen molar-refractivity contribution in [2.45, 2.75) is 6.30 Å². The van der Waals surface area contributed by atoms with E-state index in [9.17, 15) is 13.2 Å². The second-order valence-corrected chi connectivity index (χ2v) is 3.63. The lowest BCUT2D eigenvalue weighted by Crippen LogP contribution is -2.22. The Morgan fingerprint density at radius 1 is 1.11 bits per heavy atom. The van der Waals surface area contributed by atoms with Gasteiger partial charge in [0.05, 0.1) is 6.20 Å². The maximum Gasteiger partial charge on any atom is 0.484 e. The minimum absolute atomic E-state index is 0.351. The second kappa shape index (κ2) is 3.59. The topological polar surface area (TPSA) is 51.0 Å². The van der Waals surface area contributed by atoms with Crippen LogP contribution < -0.4 is 5.32 Å². The van der Waals surface area contributed by atoms with Gasteiger partial charge in [0.25, 0.3) is 0 Å². The number of hydrogen-bond acceptors (Lipinski definition) is 4. The molecule has 7 heteroatoms. The van der Waals surface area contributed by atoms with Gasteiger partial charge in [0, 0.05) is 5.39 Å². The number of anilines is 1. The quantitative estimate of drug-likeness (QED) is 0.676. The molecular weight excluding hydrogens is 247 g/mol. The number of para-hydroxylation sites is 1. The van der Waals surface area contributed by atoms with Crippen molar-refractivity contribution in [3.05, 3.63) is 30.5 Å². The zero-order valence-electron chi connectivity index (χ0n) is 8.82. The molecule has 0 unspecified atom stereocenters. The van der Waals surface area contributed by atoms with Crippen molar-refractivity contribution in [2.75, 3.05) is 5.32 Å². The predicted octanol–water partition coefficient (Wildman–Crippen LogP) is 3.31. The fourth-order valence-corrected chi connectivity index (χ4v) is 1.70. The molecule has 92 valence electrons. The molecule has 1 N–H and O–H groups in total. The van der Waals surface area contributed by atoms with Crippen molar-refractivity contribution in [3.8, 4) is 0 Å². The van der Waals surface area contributed by atoms with Gasteiger partial charge in [0.1, 0.15) is 11.1 Å². The van der Waals surface area contributed by atoms with Crippen molar-refractivity contribution in [3.63, 3.8) is 0 Å². The molecule has 0 aliphatic carbocycles. The van der Waals surface area contributed by atoms with Gasteiger partial charge in [-0.2, -0.15) is 13.2 Å². The van der Waals surface area contributed by atoms with Crippen LogP contribution in [0, 0.1) is 0 Å². The van der Waals surface area contributed by atoms with Gasteiger partial charge in [-0.1, -0.05) is 12.1 Å². The fraction of sp³-hybridized carbons (Fsp3) is 0.0909. The monoisotopic (exact) mass is 253 g/mol. The van der Waals surface area contributed by atoms with Crippen molar-refractivity contribution in [2.24, 2.45) is 0 Å². The molecule has 4 nitrogen and oxygen atoms in total. The highest BCUT2D eigenvalue weighted by Gasteiger charge is 2.28. The van der Waals surface area contributed by atoms with E-state index in [-0.39, 0.29) is 0 Å². The van der Waals surface area contributed by atoms with E-state index in [0.29, 0.717) is 22.1 Å². The van der Waals surface area contributed by atoms with Gasteiger partial charge in [0.2, 0.25) is 5.95 Å². The normalized spacial score (nSPS) is 12.2. The van der Waals surface area contributed by atoms with Crippen LogP contribution in [0.2, 0.25) is 0 Å². The number of nitrogens with zero attached hydrogens (tertiary/aromatic N) is 2. The van der Waals surface area contributed by atoms with E-state index in [2.05, 4.69) is 9.97 Å². The first-order chi connectivity index (χ1) is 8.53. The Bertz CT molecular complexity index is 720. The van der Waals surface area contributed by atoms with Gasteiger partial charge in [-0.3, -0.25) is 5.32 Å². The van der Waals surface area contributed by atoms with Crippen molar-refractivity contribution >= 4 is 28.0 Å². The van der Waals surface area contributed by atoms with Gasteiger partial charge in [-0.25, -0.2) is 9.97 Å². The molecule has 0 saturated heterocycles. The summed E-state index contributed by atoms with van der Waals surface area (Å²) < 4.78 is 41.9. The summed E-state index contributed by atoms with van der Waals surface area (Å²) in [6.07, 6.45) is -3.34. The lowest BCUT2D eigenvalue weighted by molar-refractivity contribution is -0.101. The zero-order valence-corrected chi connectivity index (χ0v) is 8.82. The molecular formula is C11H6F3N3O. The molecule has 0 saturated carbocycles. The minimum atomic E-state index is -4.56. The van der Waals surface area contributed by atoms with Crippen LogP contribution in [0.25, 0.3) is 22.1 Å². The summed E-state index contributed by atoms with van der Waals surface area (Å²) in [5.74, 6) is -0.499. The molecule has 0 aliphatic heterocycles. The van der Waals surface area contributed by atoms with Gasteiger partial charge in [-0.15, -0.1) is 0 Å². The number of furan rings is 1. The van der Waals surface area contributed by atoms with Gasteiger partial charge < -0.3 is 4.42 Å². The van der Waals surface area contributed by atoms with Crippen molar-refractivity contribution in [1.82, 2.24) is 9.97 Å². The van der Waals surface area contributed by atoms with Gasteiger partial charge in [0.15, 0.2) is 5.58 Å². The molecule has 0 radical (unpaired) electrons. The summed E-state index contributed by atoms with van der Waals surface area (Å²) >= 11 is 0. The molecule has 2 heterocycles. The number of rotatable bonds is 1.